The van der Waals surface area contributed by atoms with Gasteiger partial charge in [-0.05, 0) is 46.8 Å². The molecule has 22 heavy (non-hydrogen) atoms. The van der Waals surface area contributed by atoms with Gasteiger partial charge in [0.25, 0.3) is 0 Å². The summed E-state index contributed by atoms with van der Waals surface area (Å²) in [6.07, 6.45) is 7.33. The summed E-state index contributed by atoms with van der Waals surface area (Å²) in [5.74, 6) is 0.303. The first kappa shape index (κ1) is 17.5. The molecule has 0 saturated carbocycles. The number of aliphatic hydroxyl groups is 1. The zero-order chi connectivity index (χ0) is 16.4. The fraction of sp³-hybridized carbons (Fsp3) is 0.714. The lowest BCUT2D eigenvalue weighted by Crippen LogP contribution is -2.34. The lowest BCUT2D eigenvalue weighted by atomic mass is 9.62. The zero-order valence-corrected chi connectivity index (χ0v) is 15.2. The van der Waals surface area contributed by atoms with E-state index in [1.165, 1.54) is 48.8 Å². The summed E-state index contributed by atoms with van der Waals surface area (Å²) in [4.78, 5) is 0. The van der Waals surface area contributed by atoms with Gasteiger partial charge in [-0.1, -0.05) is 72.1 Å². The Bertz CT molecular complexity index is 499. The third kappa shape index (κ3) is 3.56. The van der Waals surface area contributed by atoms with E-state index in [0.717, 1.165) is 6.42 Å². The van der Waals surface area contributed by atoms with Gasteiger partial charge >= 0.3 is 0 Å². The second kappa shape index (κ2) is 6.74. The van der Waals surface area contributed by atoms with Gasteiger partial charge in [-0.15, -0.1) is 0 Å². The first-order valence-electron chi connectivity index (χ1n) is 9.07. The molecule has 0 heterocycles. The number of fused-ring (bicyclic) bond motifs is 1. The molecule has 124 valence electrons. The van der Waals surface area contributed by atoms with Crippen LogP contribution in [0.15, 0.2) is 18.2 Å². The van der Waals surface area contributed by atoms with Crippen molar-refractivity contribution in [3.05, 3.63) is 34.9 Å². The molecule has 0 radical (unpaired) electrons. The highest BCUT2D eigenvalue weighted by molar-refractivity contribution is 5.44. The van der Waals surface area contributed by atoms with Crippen LogP contribution >= 0.6 is 0 Å². The molecule has 2 rings (SSSR count). The van der Waals surface area contributed by atoms with Crippen molar-refractivity contribution in [2.24, 2.45) is 0 Å². The second-order valence-electron chi connectivity index (χ2n) is 8.45. The molecule has 0 amide bonds. The van der Waals surface area contributed by atoms with Crippen LogP contribution in [0.25, 0.3) is 0 Å². The summed E-state index contributed by atoms with van der Waals surface area (Å²) >= 11 is 0. The molecule has 0 unspecified atom stereocenters. The highest BCUT2D eigenvalue weighted by Gasteiger charge is 2.37. The van der Waals surface area contributed by atoms with E-state index in [2.05, 4.69) is 52.8 Å². The van der Waals surface area contributed by atoms with Crippen molar-refractivity contribution < 1.29 is 5.11 Å². The van der Waals surface area contributed by atoms with E-state index >= 15 is 0 Å². The van der Waals surface area contributed by atoms with Crippen molar-refractivity contribution >= 4 is 0 Å². The Hall–Kier alpha value is -0.820. The highest BCUT2D eigenvalue weighted by Crippen LogP contribution is 2.46. The van der Waals surface area contributed by atoms with Crippen molar-refractivity contribution in [3.8, 4) is 0 Å². The quantitative estimate of drug-likeness (QED) is 0.669. The summed E-state index contributed by atoms with van der Waals surface area (Å²) in [6.45, 7) is 12.0. The Morgan fingerprint density at radius 2 is 1.64 bits per heavy atom. The minimum atomic E-state index is 0.254. The number of hydrogen-bond acceptors (Lipinski definition) is 1. The van der Waals surface area contributed by atoms with Crippen molar-refractivity contribution in [1.29, 1.82) is 0 Å². The van der Waals surface area contributed by atoms with Crippen molar-refractivity contribution in [2.75, 3.05) is 6.61 Å². The molecule has 0 saturated heterocycles. The fourth-order valence-corrected chi connectivity index (χ4v) is 3.86. The van der Waals surface area contributed by atoms with Crippen LogP contribution in [0.1, 0.15) is 95.8 Å². The van der Waals surface area contributed by atoms with E-state index in [4.69, 9.17) is 0 Å². The lowest BCUT2D eigenvalue weighted by Gasteiger charge is -2.42. The third-order valence-corrected chi connectivity index (χ3v) is 5.72. The van der Waals surface area contributed by atoms with Crippen LogP contribution in [0.5, 0.6) is 0 Å². The Balaban J connectivity index is 2.32. The predicted molar refractivity (Wildman–Crippen MR) is 95.7 cm³/mol. The van der Waals surface area contributed by atoms with E-state index in [1.54, 1.807) is 0 Å². The topological polar surface area (TPSA) is 20.2 Å². The normalized spacial score (nSPS) is 20.5. The van der Waals surface area contributed by atoms with Crippen molar-refractivity contribution in [3.63, 3.8) is 0 Å². The second-order valence-corrected chi connectivity index (χ2v) is 8.45. The van der Waals surface area contributed by atoms with Crippen LogP contribution in [-0.2, 0) is 10.8 Å². The Morgan fingerprint density at radius 1 is 1.00 bits per heavy atom. The maximum Gasteiger partial charge on any atom is 0.0499 e. The summed E-state index contributed by atoms with van der Waals surface area (Å²) in [5, 5.41) is 9.82. The molecule has 1 N–H and O–H groups in total. The molecule has 1 aliphatic rings. The SMILES string of the molecule is CCCCC[C@@H](CO)c1ccc2c(c1)C(C)(C)CCC2(C)C. The van der Waals surface area contributed by atoms with Gasteiger partial charge in [-0.2, -0.15) is 0 Å². The monoisotopic (exact) mass is 302 g/mol. The average molecular weight is 303 g/mol. The summed E-state index contributed by atoms with van der Waals surface area (Å²) < 4.78 is 0. The standard InChI is InChI=1S/C21H34O/c1-6-7-8-9-17(15-22)16-10-11-18-19(14-16)21(4,5)13-12-20(18,2)3/h10-11,14,17,22H,6-9,12-13,15H2,1-5H3/t17-/m0/s1. The van der Waals surface area contributed by atoms with Crippen LogP contribution in [0, 0.1) is 0 Å². The van der Waals surface area contributed by atoms with Gasteiger partial charge in [-0.3, -0.25) is 0 Å². The molecule has 1 nitrogen and oxygen atoms in total. The number of rotatable bonds is 6. The first-order chi connectivity index (χ1) is 10.3. The minimum absolute atomic E-state index is 0.254. The predicted octanol–water partition coefficient (Wildman–Crippen LogP) is 5.69. The molecular weight excluding hydrogens is 268 g/mol. The maximum atomic E-state index is 9.82. The van der Waals surface area contributed by atoms with E-state index in [0.29, 0.717) is 5.92 Å². The van der Waals surface area contributed by atoms with Crippen LogP contribution in [-0.4, -0.2) is 11.7 Å². The molecular formula is C21H34O. The van der Waals surface area contributed by atoms with Crippen molar-refractivity contribution in [1.82, 2.24) is 0 Å². The zero-order valence-electron chi connectivity index (χ0n) is 15.2. The lowest BCUT2D eigenvalue weighted by molar-refractivity contribution is 0.256. The van der Waals surface area contributed by atoms with E-state index in [1.807, 2.05) is 0 Å². The van der Waals surface area contributed by atoms with Gasteiger partial charge in [0.1, 0.15) is 0 Å². The molecule has 1 heteroatoms. The molecule has 1 atom stereocenters. The van der Waals surface area contributed by atoms with Gasteiger partial charge in [0, 0.05) is 12.5 Å². The van der Waals surface area contributed by atoms with Gasteiger partial charge in [-0.25, -0.2) is 0 Å². The maximum absolute atomic E-state index is 9.82. The Morgan fingerprint density at radius 3 is 2.23 bits per heavy atom. The first-order valence-corrected chi connectivity index (χ1v) is 9.07. The Labute approximate surface area is 137 Å². The van der Waals surface area contributed by atoms with Gasteiger partial charge in [0.15, 0.2) is 0 Å². The van der Waals surface area contributed by atoms with Crippen LogP contribution in [0.2, 0.25) is 0 Å². The molecule has 1 aromatic rings. The molecule has 0 bridgehead atoms. The highest BCUT2D eigenvalue weighted by atomic mass is 16.3. The van der Waals surface area contributed by atoms with E-state index in [9.17, 15) is 5.11 Å². The van der Waals surface area contributed by atoms with Crippen LogP contribution < -0.4 is 0 Å². The van der Waals surface area contributed by atoms with E-state index in [-0.39, 0.29) is 17.4 Å². The third-order valence-electron chi connectivity index (χ3n) is 5.72. The van der Waals surface area contributed by atoms with Crippen LogP contribution in [0.4, 0.5) is 0 Å². The molecule has 0 spiro atoms. The smallest absolute Gasteiger partial charge is 0.0499 e. The number of benzene rings is 1. The molecule has 0 fully saturated rings. The largest absolute Gasteiger partial charge is 0.396 e. The summed E-state index contributed by atoms with van der Waals surface area (Å²) in [6, 6.07) is 7.02. The van der Waals surface area contributed by atoms with Crippen molar-refractivity contribution in [2.45, 2.75) is 89.9 Å². The molecule has 0 aliphatic heterocycles. The number of aliphatic hydroxyl groups excluding tert-OH is 1. The van der Waals surface area contributed by atoms with Crippen LogP contribution in [0.3, 0.4) is 0 Å². The minimum Gasteiger partial charge on any atom is -0.396 e. The van der Waals surface area contributed by atoms with Gasteiger partial charge < -0.3 is 5.11 Å². The summed E-state index contributed by atoms with van der Waals surface area (Å²) in [7, 11) is 0. The average Bonchev–Trinajstić information content (AvgIpc) is 2.48. The Kier molecular flexibility index (Phi) is 5.37. The summed E-state index contributed by atoms with van der Waals surface area (Å²) in [5.41, 5.74) is 4.89. The fourth-order valence-electron chi connectivity index (χ4n) is 3.86. The molecule has 1 aliphatic carbocycles. The molecule has 1 aromatic carbocycles. The van der Waals surface area contributed by atoms with E-state index < -0.39 is 0 Å². The van der Waals surface area contributed by atoms with Gasteiger partial charge in [0.2, 0.25) is 0 Å². The number of unbranched alkanes of at least 4 members (excludes halogenated alkanes) is 2. The van der Waals surface area contributed by atoms with Gasteiger partial charge in [0.05, 0.1) is 0 Å². The molecule has 0 aromatic heterocycles. The number of hydrogen-bond donors (Lipinski definition) is 1.